The quantitative estimate of drug-likeness (QED) is 0.647. The number of amides is 1. The number of halogens is 4. The molecular weight excluding hydrogens is 268 g/mol. The topological polar surface area (TPSA) is 66.6 Å². The first-order chi connectivity index (χ1) is 8.73. The normalized spacial score (nSPS) is 11.4. The van der Waals surface area contributed by atoms with E-state index in [2.05, 4.69) is 0 Å². The fraction of sp³-hybridized carbons (Fsp3) is 0.364. The van der Waals surface area contributed by atoms with Crippen LogP contribution < -0.4 is 5.73 Å². The summed E-state index contributed by atoms with van der Waals surface area (Å²) in [5, 5.41) is 8.68. The minimum atomic E-state index is -4.61. The van der Waals surface area contributed by atoms with Crippen molar-refractivity contribution in [2.75, 3.05) is 25.4 Å². The first-order valence-corrected chi connectivity index (χ1v) is 5.26. The van der Waals surface area contributed by atoms with Gasteiger partial charge in [-0.2, -0.15) is 13.2 Å². The van der Waals surface area contributed by atoms with E-state index in [0.29, 0.717) is 4.90 Å². The average Bonchev–Trinajstić information content (AvgIpc) is 2.24. The zero-order chi connectivity index (χ0) is 14.6. The van der Waals surface area contributed by atoms with E-state index >= 15 is 0 Å². The molecule has 106 valence electrons. The van der Waals surface area contributed by atoms with Gasteiger partial charge in [-0.25, -0.2) is 4.39 Å². The van der Waals surface area contributed by atoms with Crippen molar-refractivity contribution in [3.05, 3.63) is 29.6 Å². The van der Waals surface area contributed by atoms with Crippen LogP contribution in [0.5, 0.6) is 0 Å². The SMILES string of the molecule is Nc1cc(F)cc(C(=O)N(CCO)CC(F)(F)F)c1. The van der Waals surface area contributed by atoms with Gasteiger partial charge in [-0.05, 0) is 18.2 Å². The van der Waals surface area contributed by atoms with Crippen LogP contribution in [0, 0.1) is 5.82 Å². The molecule has 3 N–H and O–H groups in total. The number of rotatable bonds is 4. The van der Waals surface area contributed by atoms with Gasteiger partial charge in [0.25, 0.3) is 5.91 Å². The number of aliphatic hydroxyl groups excluding tert-OH is 1. The lowest BCUT2D eigenvalue weighted by Crippen LogP contribution is -2.40. The van der Waals surface area contributed by atoms with Gasteiger partial charge in [0.1, 0.15) is 12.4 Å². The molecule has 4 nitrogen and oxygen atoms in total. The predicted molar refractivity (Wildman–Crippen MR) is 59.9 cm³/mol. The van der Waals surface area contributed by atoms with Crippen LogP contribution in [-0.4, -0.2) is 41.8 Å². The molecule has 0 saturated heterocycles. The molecule has 0 radical (unpaired) electrons. The van der Waals surface area contributed by atoms with Crippen LogP contribution in [0.1, 0.15) is 10.4 Å². The third-order valence-corrected chi connectivity index (χ3v) is 2.19. The number of hydrogen-bond acceptors (Lipinski definition) is 3. The molecule has 0 aliphatic heterocycles. The Hall–Kier alpha value is -1.83. The molecule has 0 spiro atoms. The Morgan fingerprint density at radius 2 is 1.95 bits per heavy atom. The first kappa shape index (κ1) is 15.2. The van der Waals surface area contributed by atoms with Crippen LogP contribution in [0.3, 0.4) is 0 Å². The number of carbonyl (C=O) groups is 1. The van der Waals surface area contributed by atoms with Gasteiger partial charge in [0, 0.05) is 17.8 Å². The Morgan fingerprint density at radius 1 is 1.32 bits per heavy atom. The summed E-state index contributed by atoms with van der Waals surface area (Å²) in [7, 11) is 0. The fourth-order valence-electron chi connectivity index (χ4n) is 1.51. The van der Waals surface area contributed by atoms with Crippen molar-refractivity contribution in [2.24, 2.45) is 0 Å². The van der Waals surface area contributed by atoms with E-state index < -0.39 is 37.6 Å². The van der Waals surface area contributed by atoms with E-state index in [1.807, 2.05) is 0 Å². The van der Waals surface area contributed by atoms with Gasteiger partial charge in [-0.3, -0.25) is 4.79 Å². The van der Waals surface area contributed by atoms with E-state index in [1.165, 1.54) is 0 Å². The summed E-state index contributed by atoms with van der Waals surface area (Å²) in [5.74, 6) is -1.86. The second kappa shape index (κ2) is 5.87. The van der Waals surface area contributed by atoms with Crippen LogP contribution in [0.2, 0.25) is 0 Å². The second-order valence-electron chi connectivity index (χ2n) is 3.84. The maximum atomic E-state index is 13.1. The number of hydrogen-bond donors (Lipinski definition) is 2. The Kier molecular flexibility index (Phi) is 4.71. The van der Waals surface area contributed by atoms with E-state index in [-0.39, 0.29) is 11.3 Å². The molecule has 0 atom stereocenters. The summed E-state index contributed by atoms with van der Waals surface area (Å²) >= 11 is 0. The standard InChI is InChI=1S/C11H12F4N2O2/c12-8-3-7(4-9(16)5-8)10(19)17(1-2-18)6-11(13,14)15/h3-5,18H,1-2,6,16H2. The summed E-state index contributed by atoms with van der Waals surface area (Å²) in [4.78, 5) is 12.2. The van der Waals surface area contributed by atoms with Gasteiger partial charge in [0.15, 0.2) is 0 Å². The summed E-state index contributed by atoms with van der Waals surface area (Å²) < 4.78 is 49.9. The molecule has 0 unspecified atom stereocenters. The summed E-state index contributed by atoms with van der Waals surface area (Å²) in [6, 6.07) is 2.81. The van der Waals surface area contributed by atoms with Crippen LogP contribution in [-0.2, 0) is 0 Å². The molecule has 1 aromatic rings. The average molecular weight is 280 g/mol. The molecule has 0 heterocycles. The van der Waals surface area contributed by atoms with Crippen LogP contribution in [0.4, 0.5) is 23.2 Å². The van der Waals surface area contributed by atoms with Gasteiger partial charge in [0.05, 0.1) is 6.61 Å². The number of nitrogens with two attached hydrogens (primary N) is 1. The number of nitrogens with zero attached hydrogens (tertiary/aromatic N) is 1. The Bertz CT molecular complexity index is 442. The van der Waals surface area contributed by atoms with Gasteiger partial charge in [-0.1, -0.05) is 0 Å². The lowest BCUT2D eigenvalue weighted by Gasteiger charge is -2.23. The second-order valence-corrected chi connectivity index (χ2v) is 3.84. The zero-order valence-corrected chi connectivity index (χ0v) is 9.75. The van der Waals surface area contributed by atoms with Crippen molar-refractivity contribution in [3.8, 4) is 0 Å². The van der Waals surface area contributed by atoms with Crippen molar-refractivity contribution in [2.45, 2.75) is 6.18 Å². The number of carbonyl (C=O) groups excluding carboxylic acids is 1. The molecule has 0 aliphatic carbocycles. The van der Waals surface area contributed by atoms with Crippen LogP contribution >= 0.6 is 0 Å². The van der Waals surface area contributed by atoms with E-state index in [9.17, 15) is 22.4 Å². The summed E-state index contributed by atoms with van der Waals surface area (Å²) in [6.07, 6.45) is -4.61. The number of anilines is 1. The molecule has 8 heteroatoms. The Morgan fingerprint density at radius 3 is 2.42 bits per heavy atom. The molecule has 0 saturated carbocycles. The van der Waals surface area contributed by atoms with Gasteiger partial charge >= 0.3 is 6.18 Å². The lowest BCUT2D eigenvalue weighted by atomic mass is 10.1. The molecule has 1 rings (SSSR count). The van der Waals surface area contributed by atoms with Crippen molar-refractivity contribution in [3.63, 3.8) is 0 Å². The number of nitrogen functional groups attached to an aromatic ring is 1. The molecule has 19 heavy (non-hydrogen) atoms. The van der Waals surface area contributed by atoms with Crippen molar-refractivity contribution >= 4 is 11.6 Å². The maximum Gasteiger partial charge on any atom is 0.406 e. The minimum Gasteiger partial charge on any atom is -0.399 e. The monoisotopic (exact) mass is 280 g/mol. The molecule has 1 amide bonds. The highest BCUT2D eigenvalue weighted by Crippen LogP contribution is 2.19. The zero-order valence-electron chi connectivity index (χ0n) is 9.75. The van der Waals surface area contributed by atoms with Crippen molar-refractivity contribution in [1.29, 1.82) is 0 Å². The van der Waals surface area contributed by atoms with Gasteiger partial charge in [-0.15, -0.1) is 0 Å². The maximum absolute atomic E-state index is 13.1. The van der Waals surface area contributed by atoms with E-state index in [4.69, 9.17) is 10.8 Å². The van der Waals surface area contributed by atoms with E-state index in [0.717, 1.165) is 18.2 Å². The third kappa shape index (κ3) is 4.74. The first-order valence-electron chi connectivity index (χ1n) is 5.26. The fourth-order valence-corrected chi connectivity index (χ4v) is 1.51. The smallest absolute Gasteiger partial charge is 0.399 e. The number of benzene rings is 1. The van der Waals surface area contributed by atoms with E-state index in [1.54, 1.807) is 0 Å². The lowest BCUT2D eigenvalue weighted by molar-refractivity contribution is -0.141. The van der Waals surface area contributed by atoms with Crippen LogP contribution in [0.25, 0.3) is 0 Å². The summed E-state index contributed by atoms with van der Waals surface area (Å²) in [6.45, 7) is -2.66. The Labute approximate surface area is 106 Å². The molecular formula is C11H12F4N2O2. The molecule has 0 aliphatic rings. The number of alkyl halides is 3. The summed E-state index contributed by atoms with van der Waals surface area (Å²) in [5.41, 5.74) is 4.95. The highest BCUT2D eigenvalue weighted by molar-refractivity contribution is 5.95. The van der Waals surface area contributed by atoms with Crippen molar-refractivity contribution in [1.82, 2.24) is 4.90 Å². The van der Waals surface area contributed by atoms with Crippen molar-refractivity contribution < 1.29 is 27.5 Å². The van der Waals surface area contributed by atoms with Crippen LogP contribution in [0.15, 0.2) is 18.2 Å². The third-order valence-electron chi connectivity index (χ3n) is 2.19. The molecule has 0 aromatic heterocycles. The largest absolute Gasteiger partial charge is 0.406 e. The highest BCUT2D eigenvalue weighted by Gasteiger charge is 2.33. The molecule has 1 aromatic carbocycles. The number of aliphatic hydroxyl groups is 1. The van der Waals surface area contributed by atoms with Gasteiger partial charge < -0.3 is 15.7 Å². The Balaban J connectivity index is 2.98. The molecule has 0 bridgehead atoms. The minimum absolute atomic E-state index is 0.0701. The molecule has 0 fully saturated rings. The predicted octanol–water partition coefficient (Wildman–Crippen LogP) is 1.40. The van der Waals surface area contributed by atoms with Gasteiger partial charge in [0.2, 0.25) is 0 Å². The highest BCUT2D eigenvalue weighted by atomic mass is 19.4.